The van der Waals surface area contributed by atoms with Gasteiger partial charge in [0, 0.05) is 11.1 Å². The lowest BCUT2D eigenvalue weighted by Gasteiger charge is -2.07. The molecule has 0 radical (unpaired) electrons. The minimum absolute atomic E-state index is 0.120. The van der Waals surface area contributed by atoms with E-state index in [0.29, 0.717) is 5.56 Å². The van der Waals surface area contributed by atoms with E-state index in [1.165, 1.54) is 0 Å². The molecule has 2 rings (SSSR count). The summed E-state index contributed by atoms with van der Waals surface area (Å²) in [6.07, 6.45) is 1.68. The van der Waals surface area contributed by atoms with E-state index in [0.717, 1.165) is 16.7 Å². The first-order valence-electron chi connectivity index (χ1n) is 7.14. The lowest BCUT2D eigenvalue weighted by Crippen LogP contribution is -2.11. The molecule has 0 fully saturated rings. The van der Waals surface area contributed by atoms with E-state index in [2.05, 4.69) is 18.4 Å². The molecule has 0 atom stereocenters. The van der Waals surface area contributed by atoms with Crippen LogP contribution in [0, 0.1) is 11.8 Å². The Balaban J connectivity index is 2.09. The summed E-state index contributed by atoms with van der Waals surface area (Å²) in [6, 6.07) is 15.0. The zero-order valence-corrected chi connectivity index (χ0v) is 12.8. The Morgan fingerprint density at radius 3 is 1.95 bits per heavy atom. The van der Waals surface area contributed by atoms with Gasteiger partial charge in [0.15, 0.2) is 0 Å². The minimum Gasteiger partial charge on any atom is -0.459 e. The molecule has 0 heterocycles. The van der Waals surface area contributed by atoms with E-state index >= 15 is 0 Å². The van der Waals surface area contributed by atoms with Gasteiger partial charge in [0.1, 0.15) is 0 Å². The van der Waals surface area contributed by atoms with Crippen LogP contribution >= 0.6 is 0 Å². The molecule has 0 saturated carbocycles. The van der Waals surface area contributed by atoms with Gasteiger partial charge in [0.05, 0.1) is 11.7 Å². The molecule has 0 unspecified atom stereocenters. The lowest BCUT2D eigenvalue weighted by atomic mass is 10.1. The fourth-order valence-corrected chi connectivity index (χ4v) is 1.82. The first-order chi connectivity index (χ1) is 10.6. The van der Waals surface area contributed by atoms with Crippen molar-refractivity contribution < 1.29 is 9.53 Å². The van der Waals surface area contributed by atoms with Crippen LogP contribution in [0.25, 0.3) is 6.08 Å². The standard InChI is InChI=1S/C20H18O2/c1-4-16-5-7-17(8-6-16)9-10-18-11-13-19(14-12-18)20(21)22-15(2)3/h4-8,11-15H,1H2,2-3H3. The zero-order chi connectivity index (χ0) is 15.9. The summed E-state index contributed by atoms with van der Waals surface area (Å²) in [5.74, 6) is 5.86. The van der Waals surface area contributed by atoms with Crippen molar-refractivity contribution in [3.63, 3.8) is 0 Å². The number of esters is 1. The number of rotatable bonds is 3. The third-order valence-corrected chi connectivity index (χ3v) is 2.96. The lowest BCUT2D eigenvalue weighted by molar-refractivity contribution is 0.0378. The Hall–Kier alpha value is -2.79. The van der Waals surface area contributed by atoms with Crippen molar-refractivity contribution in [1.82, 2.24) is 0 Å². The maximum absolute atomic E-state index is 11.7. The molecule has 0 aromatic heterocycles. The Bertz CT molecular complexity index is 711. The van der Waals surface area contributed by atoms with Crippen molar-refractivity contribution in [3.05, 3.63) is 77.4 Å². The molecule has 110 valence electrons. The smallest absolute Gasteiger partial charge is 0.338 e. The van der Waals surface area contributed by atoms with E-state index < -0.39 is 0 Å². The number of hydrogen-bond donors (Lipinski definition) is 0. The van der Waals surface area contributed by atoms with Crippen LogP contribution in [0.15, 0.2) is 55.1 Å². The molecular weight excluding hydrogens is 272 g/mol. The van der Waals surface area contributed by atoms with Gasteiger partial charge in [-0.15, -0.1) is 0 Å². The molecule has 0 amide bonds. The first-order valence-corrected chi connectivity index (χ1v) is 7.14. The number of hydrogen-bond acceptors (Lipinski definition) is 2. The van der Waals surface area contributed by atoms with Crippen LogP contribution in [-0.2, 0) is 4.74 Å². The van der Waals surface area contributed by atoms with E-state index in [9.17, 15) is 4.79 Å². The second-order valence-electron chi connectivity index (χ2n) is 5.11. The maximum Gasteiger partial charge on any atom is 0.338 e. The highest BCUT2D eigenvalue weighted by Gasteiger charge is 2.08. The summed E-state index contributed by atoms with van der Waals surface area (Å²) in [6.45, 7) is 7.38. The maximum atomic E-state index is 11.7. The van der Waals surface area contributed by atoms with Gasteiger partial charge in [-0.1, -0.05) is 36.6 Å². The number of carbonyl (C=O) groups is 1. The van der Waals surface area contributed by atoms with Crippen molar-refractivity contribution in [3.8, 4) is 11.8 Å². The van der Waals surface area contributed by atoms with Crippen molar-refractivity contribution in [2.75, 3.05) is 0 Å². The molecule has 0 bridgehead atoms. The van der Waals surface area contributed by atoms with Gasteiger partial charge in [-0.2, -0.15) is 0 Å². The van der Waals surface area contributed by atoms with Gasteiger partial charge in [0.2, 0.25) is 0 Å². The molecule has 0 spiro atoms. The van der Waals surface area contributed by atoms with Crippen molar-refractivity contribution in [2.24, 2.45) is 0 Å². The normalized spacial score (nSPS) is 9.77. The van der Waals surface area contributed by atoms with Crippen LogP contribution in [-0.4, -0.2) is 12.1 Å². The van der Waals surface area contributed by atoms with Crippen LogP contribution in [0.4, 0.5) is 0 Å². The summed E-state index contributed by atoms with van der Waals surface area (Å²) in [5, 5.41) is 0. The van der Waals surface area contributed by atoms with Gasteiger partial charge < -0.3 is 4.74 Å². The van der Waals surface area contributed by atoms with Crippen molar-refractivity contribution >= 4 is 12.0 Å². The largest absolute Gasteiger partial charge is 0.459 e. The van der Waals surface area contributed by atoms with Crippen LogP contribution < -0.4 is 0 Å². The average Bonchev–Trinajstić information content (AvgIpc) is 2.53. The summed E-state index contributed by atoms with van der Waals surface area (Å²) in [4.78, 5) is 11.7. The molecule has 0 N–H and O–H groups in total. The zero-order valence-electron chi connectivity index (χ0n) is 12.8. The molecule has 2 aromatic carbocycles. The summed E-state index contributed by atoms with van der Waals surface area (Å²) in [5.41, 5.74) is 3.40. The molecule has 0 aliphatic carbocycles. The summed E-state index contributed by atoms with van der Waals surface area (Å²) in [7, 11) is 0. The molecule has 0 aliphatic rings. The van der Waals surface area contributed by atoms with E-state index in [4.69, 9.17) is 4.74 Å². The fourth-order valence-electron chi connectivity index (χ4n) is 1.82. The van der Waals surface area contributed by atoms with Gasteiger partial charge in [-0.3, -0.25) is 0 Å². The van der Waals surface area contributed by atoms with E-state index in [1.807, 2.05) is 50.2 Å². The average molecular weight is 290 g/mol. The van der Waals surface area contributed by atoms with Crippen molar-refractivity contribution in [2.45, 2.75) is 20.0 Å². The van der Waals surface area contributed by atoms with Gasteiger partial charge in [-0.25, -0.2) is 4.79 Å². The Kier molecular flexibility index (Phi) is 5.16. The Morgan fingerprint density at radius 1 is 1.00 bits per heavy atom. The van der Waals surface area contributed by atoms with Gasteiger partial charge in [0.25, 0.3) is 0 Å². The molecule has 0 aliphatic heterocycles. The van der Waals surface area contributed by atoms with Crippen LogP contribution in [0.1, 0.15) is 40.9 Å². The highest BCUT2D eigenvalue weighted by Crippen LogP contribution is 2.08. The Morgan fingerprint density at radius 2 is 1.50 bits per heavy atom. The number of carbonyl (C=O) groups excluding carboxylic acids is 1. The predicted molar refractivity (Wildman–Crippen MR) is 89.5 cm³/mol. The molecule has 2 heteroatoms. The van der Waals surface area contributed by atoms with E-state index in [-0.39, 0.29) is 12.1 Å². The van der Waals surface area contributed by atoms with Crippen LogP contribution in [0.2, 0.25) is 0 Å². The highest BCUT2D eigenvalue weighted by molar-refractivity contribution is 5.89. The van der Waals surface area contributed by atoms with Crippen LogP contribution in [0.3, 0.4) is 0 Å². The minimum atomic E-state index is -0.311. The molecule has 2 aromatic rings. The van der Waals surface area contributed by atoms with Crippen molar-refractivity contribution in [1.29, 1.82) is 0 Å². The topological polar surface area (TPSA) is 26.3 Å². The van der Waals surface area contributed by atoms with E-state index in [1.54, 1.807) is 18.2 Å². The van der Waals surface area contributed by atoms with Gasteiger partial charge >= 0.3 is 5.97 Å². The first kappa shape index (κ1) is 15.6. The highest BCUT2D eigenvalue weighted by atomic mass is 16.5. The monoisotopic (exact) mass is 290 g/mol. The summed E-state index contributed by atoms with van der Waals surface area (Å²) < 4.78 is 5.14. The second-order valence-corrected chi connectivity index (χ2v) is 5.11. The molecule has 0 saturated heterocycles. The van der Waals surface area contributed by atoms with Gasteiger partial charge in [-0.05, 0) is 55.8 Å². The third-order valence-electron chi connectivity index (χ3n) is 2.96. The second kappa shape index (κ2) is 7.28. The SMILES string of the molecule is C=Cc1ccc(C#Cc2ccc(C(=O)OC(C)C)cc2)cc1. The third kappa shape index (κ3) is 4.36. The fraction of sp³-hybridized carbons (Fsp3) is 0.150. The predicted octanol–water partition coefficient (Wildman–Crippen LogP) is 4.29. The quantitative estimate of drug-likeness (QED) is 0.622. The summed E-state index contributed by atoms with van der Waals surface area (Å²) >= 11 is 0. The Labute approximate surface area is 131 Å². The molecular formula is C20H18O2. The molecule has 2 nitrogen and oxygen atoms in total. The molecule has 22 heavy (non-hydrogen) atoms. The van der Waals surface area contributed by atoms with Crippen LogP contribution in [0.5, 0.6) is 0 Å². The number of ether oxygens (including phenoxy) is 1. The number of benzene rings is 2.